The average molecular weight is 572 g/mol. The van der Waals surface area contributed by atoms with Crippen molar-refractivity contribution < 1.29 is 4.74 Å². The lowest BCUT2D eigenvalue weighted by Gasteiger charge is -2.37. The van der Waals surface area contributed by atoms with Gasteiger partial charge >= 0.3 is 0 Å². The van der Waals surface area contributed by atoms with Crippen LogP contribution in [0.3, 0.4) is 0 Å². The summed E-state index contributed by atoms with van der Waals surface area (Å²) in [6, 6.07) is 24.2. The van der Waals surface area contributed by atoms with Gasteiger partial charge in [0.25, 0.3) is 0 Å². The number of nitrogens with zero attached hydrogens (tertiary/aromatic N) is 4. The van der Waals surface area contributed by atoms with E-state index in [-0.39, 0.29) is 12.1 Å². The number of methoxy groups -OCH3 is 1. The summed E-state index contributed by atoms with van der Waals surface area (Å²) in [4.78, 5) is 9.31. The van der Waals surface area contributed by atoms with E-state index in [1.54, 1.807) is 7.11 Å². The van der Waals surface area contributed by atoms with Crippen LogP contribution in [0.1, 0.15) is 43.7 Å². The minimum Gasteiger partial charge on any atom is -0.495 e. The third-order valence-corrected chi connectivity index (χ3v) is 8.56. The molecule has 2 aromatic heterocycles. The summed E-state index contributed by atoms with van der Waals surface area (Å²) >= 11 is 13.0. The van der Waals surface area contributed by atoms with Crippen LogP contribution >= 0.6 is 23.8 Å². The molecule has 6 rings (SSSR count). The van der Waals surface area contributed by atoms with Crippen molar-refractivity contribution in [2.75, 3.05) is 30.0 Å². The highest BCUT2D eigenvalue weighted by atomic mass is 35.5. The zero-order valence-corrected chi connectivity index (χ0v) is 24.6. The van der Waals surface area contributed by atoms with Gasteiger partial charge in [-0.25, -0.2) is 0 Å². The number of anilines is 2. The second kappa shape index (κ2) is 11.1. The van der Waals surface area contributed by atoms with E-state index < -0.39 is 0 Å². The predicted molar refractivity (Wildman–Crippen MR) is 167 cm³/mol. The van der Waals surface area contributed by atoms with E-state index >= 15 is 0 Å². The van der Waals surface area contributed by atoms with Gasteiger partial charge in [0.2, 0.25) is 0 Å². The van der Waals surface area contributed by atoms with Crippen molar-refractivity contribution in [2.45, 2.75) is 32.4 Å². The first-order chi connectivity index (χ1) is 19.4. The van der Waals surface area contributed by atoms with Crippen molar-refractivity contribution in [1.29, 1.82) is 0 Å². The number of para-hydroxylation sites is 2. The molecule has 40 heavy (non-hydrogen) atoms. The van der Waals surface area contributed by atoms with Gasteiger partial charge in [0.05, 0.1) is 35.2 Å². The Morgan fingerprint density at radius 1 is 0.950 bits per heavy atom. The summed E-state index contributed by atoms with van der Waals surface area (Å²) < 4.78 is 7.90. The van der Waals surface area contributed by atoms with Crippen LogP contribution in [0.25, 0.3) is 5.69 Å². The molecule has 8 heteroatoms. The van der Waals surface area contributed by atoms with Crippen LogP contribution in [0.15, 0.2) is 85.2 Å². The van der Waals surface area contributed by atoms with E-state index in [9.17, 15) is 0 Å². The van der Waals surface area contributed by atoms with Crippen molar-refractivity contribution in [1.82, 2.24) is 14.9 Å². The van der Waals surface area contributed by atoms with Crippen molar-refractivity contribution in [2.24, 2.45) is 11.8 Å². The molecular formula is C32H34ClN5OS. The maximum absolute atomic E-state index is 7.01. The third kappa shape index (κ3) is 4.93. The molecule has 0 amide bonds. The van der Waals surface area contributed by atoms with Crippen molar-refractivity contribution in [3.8, 4) is 11.4 Å². The first kappa shape index (κ1) is 26.7. The molecule has 0 radical (unpaired) electrons. The molecule has 0 bridgehead atoms. The molecule has 206 valence electrons. The van der Waals surface area contributed by atoms with Gasteiger partial charge < -0.3 is 24.4 Å². The van der Waals surface area contributed by atoms with E-state index in [4.69, 9.17) is 33.5 Å². The predicted octanol–water partition coefficient (Wildman–Crippen LogP) is 7.19. The largest absolute Gasteiger partial charge is 0.495 e. The minimum absolute atomic E-state index is 0.167. The Balaban J connectivity index is 1.44. The van der Waals surface area contributed by atoms with Gasteiger partial charge in [-0.15, -0.1) is 0 Å². The quantitative estimate of drug-likeness (QED) is 0.247. The molecule has 0 aliphatic carbocycles. The number of ether oxygens (including phenoxy) is 1. The van der Waals surface area contributed by atoms with Crippen molar-refractivity contribution in [3.05, 3.63) is 102 Å². The van der Waals surface area contributed by atoms with Crippen molar-refractivity contribution in [3.63, 3.8) is 0 Å². The molecule has 2 aliphatic rings. The number of thiocarbonyl (C=S) groups is 1. The molecule has 1 N–H and O–H groups in total. The van der Waals surface area contributed by atoms with Gasteiger partial charge in [-0.3, -0.25) is 4.98 Å². The lowest BCUT2D eigenvalue weighted by molar-refractivity contribution is 0.357. The summed E-state index contributed by atoms with van der Waals surface area (Å²) in [7, 11) is 1.70. The Bertz CT molecular complexity index is 1500. The zero-order valence-electron chi connectivity index (χ0n) is 23.0. The van der Waals surface area contributed by atoms with Gasteiger partial charge in [-0.2, -0.15) is 0 Å². The number of piperidine rings is 1. The Labute approximate surface area is 246 Å². The molecule has 0 saturated carbocycles. The van der Waals surface area contributed by atoms with E-state index in [1.165, 1.54) is 6.42 Å². The number of aromatic nitrogens is 2. The maximum atomic E-state index is 7.01. The fraction of sp³-hybridized carbons (Fsp3) is 0.312. The lowest BCUT2D eigenvalue weighted by Crippen LogP contribution is -2.38. The number of rotatable bonds is 6. The number of hydrogen-bond acceptors (Lipinski definition) is 4. The lowest BCUT2D eigenvalue weighted by atomic mass is 9.91. The van der Waals surface area contributed by atoms with Crippen LogP contribution < -0.4 is 19.9 Å². The first-order valence-corrected chi connectivity index (χ1v) is 14.6. The summed E-state index contributed by atoms with van der Waals surface area (Å²) in [5, 5.41) is 4.94. The molecule has 4 aromatic rings. The summed E-state index contributed by atoms with van der Waals surface area (Å²) in [6.07, 6.45) is 5.14. The topological polar surface area (TPSA) is 45.6 Å². The third-order valence-electron chi connectivity index (χ3n) is 7.95. The van der Waals surface area contributed by atoms with Crippen LogP contribution in [-0.2, 0) is 0 Å². The van der Waals surface area contributed by atoms with E-state index in [1.807, 2.05) is 42.6 Å². The number of nitrogens with one attached hydrogen (secondary N) is 1. The van der Waals surface area contributed by atoms with Gasteiger partial charge in [0.15, 0.2) is 5.11 Å². The molecule has 2 aromatic carbocycles. The Kier molecular flexibility index (Phi) is 7.43. The standard InChI is InChI=1S/C32H34ClN5OS/c1-21-17-22(2)20-36(19-21)26-14-13-23(18-24(26)33)38-31(30(35-32(38)40)25-9-6-7-15-34-25)28-11-8-16-37(28)27-10-4-5-12-29(27)39-3/h4-16,18,21-22,30-31H,17,19-20H2,1-3H3,(H,35,40)/t21-,22+,30-,31+/m1/s1. The molecule has 4 heterocycles. The Morgan fingerprint density at radius 3 is 2.45 bits per heavy atom. The first-order valence-electron chi connectivity index (χ1n) is 13.8. The molecule has 2 fully saturated rings. The van der Waals surface area contributed by atoms with Gasteiger partial charge in [0.1, 0.15) is 11.8 Å². The molecule has 2 aliphatic heterocycles. The second-order valence-electron chi connectivity index (χ2n) is 11.0. The van der Waals surface area contributed by atoms with Crippen LogP contribution in [0.2, 0.25) is 5.02 Å². The van der Waals surface area contributed by atoms with Crippen LogP contribution in [0, 0.1) is 11.8 Å². The molecule has 0 spiro atoms. The molecule has 6 nitrogen and oxygen atoms in total. The molecule has 4 atom stereocenters. The van der Waals surface area contributed by atoms with Gasteiger partial charge in [-0.05, 0) is 85.1 Å². The highest BCUT2D eigenvalue weighted by Crippen LogP contribution is 2.44. The van der Waals surface area contributed by atoms with Gasteiger partial charge in [-0.1, -0.05) is 43.6 Å². The number of pyridine rings is 1. The minimum atomic E-state index is -0.181. The number of hydrogen-bond donors (Lipinski definition) is 1. The average Bonchev–Trinajstić information content (AvgIpc) is 3.57. The summed E-state index contributed by atoms with van der Waals surface area (Å²) in [5.41, 5.74) is 4.97. The summed E-state index contributed by atoms with van der Waals surface area (Å²) in [5.74, 6) is 2.08. The highest BCUT2D eigenvalue weighted by Gasteiger charge is 2.42. The SMILES string of the molecule is COc1ccccc1-n1cccc1[C@H]1[C@@H](c2ccccn2)NC(=S)N1c1ccc(N2C[C@H](C)C[C@H](C)C2)c(Cl)c1. The monoisotopic (exact) mass is 571 g/mol. The normalized spacial score (nSPS) is 22.9. The van der Waals surface area contributed by atoms with E-state index in [0.717, 1.165) is 52.3 Å². The Hall–Kier alpha value is -3.55. The van der Waals surface area contributed by atoms with Crippen LogP contribution in [0.4, 0.5) is 11.4 Å². The molecule has 0 unspecified atom stereocenters. The fourth-order valence-corrected chi connectivity index (χ4v) is 7.02. The van der Waals surface area contributed by atoms with Crippen LogP contribution in [-0.4, -0.2) is 34.9 Å². The Morgan fingerprint density at radius 2 is 1.73 bits per heavy atom. The molecule has 2 saturated heterocycles. The second-order valence-corrected chi connectivity index (χ2v) is 11.8. The van der Waals surface area contributed by atoms with Crippen LogP contribution in [0.5, 0.6) is 5.75 Å². The van der Waals surface area contributed by atoms with E-state index in [0.29, 0.717) is 16.9 Å². The summed E-state index contributed by atoms with van der Waals surface area (Å²) in [6.45, 7) is 6.67. The zero-order chi connectivity index (χ0) is 27.8. The fourth-order valence-electron chi connectivity index (χ4n) is 6.38. The van der Waals surface area contributed by atoms with E-state index in [2.05, 4.69) is 76.1 Å². The van der Waals surface area contributed by atoms with Gasteiger partial charge in [0, 0.05) is 36.9 Å². The maximum Gasteiger partial charge on any atom is 0.174 e. The highest BCUT2D eigenvalue weighted by molar-refractivity contribution is 7.80. The smallest absolute Gasteiger partial charge is 0.174 e. The number of halogens is 1. The molecular weight excluding hydrogens is 538 g/mol. The number of benzene rings is 2. The van der Waals surface area contributed by atoms with Crippen molar-refractivity contribution >= 4 is 40.3 Å².